The number of hydrogen-bond acceptors (Lipinski definition) is 4. The molecule has 0 atom stereocenters. The number of aromatic nitrogens is 1. The largest absolute Gasteiger partial charge is 0.494 e. The van der Waals surface area contributed by atoms with E-state index in [4.69, 9.17) is 4.74 Å². The third-order valence-electron chi connectivity index (χ3n) is 4.92. The minimum atomic E-state index is -4.52. The number of nitrogens with zero attached hydrogens (tertiary/aromatic N) is 2. The molecule has 2 N–H and O–H groups in total. The highest BCUT2D eigenvalue weighted by Crippen LogP contribution is 2.35. The molecular formula is C24H23F3N4O3. The molecule has 10 heteroatoms. The molecule has 178 valence electrons. The number of hydrogen-bond donors (Lipinski definition) is 2. The fourth-order valence-electron chi connectivity index (χ4n) is 3.40. The van der Waals surface area contributed by atoms with Gasteiger partial charge in [0.25, 0.3) is 0 Å². The number of benzene rings is 2. The molecule has 0 bridgehead atoms. The van der Waals surface area contributed by atoms with E-state index in [1.54, 1.807) is 44.2 Å². The van der Waals surface area contributed by atoms with E-state index in [1.807, 2.05) is 6.92 Å². The molecule has 34 heavy (non-hydrogen) atoms. The summed E-state index contributed by atoms with van der Waals surface area (Å²) in [5.41, 5.74) is 3.28. The zero-order chi connectivity index (χ0) is 24.9. The van der Waals surface area contributed by atoms with Crippen LogP contribution in [0.1, 0.15) is 29.4 Å². The Morgan fingerprint density at radius 2 is 1.74 bits per heavy atom. The molecular weight excluding hydrogens is 449 g/mol. The smallest absolute Gasteiger partial charge is 0.418 e. The Morgan fingerprint density at radius 1 is 1.06 bits per heavy atom. The van der Waals surface area contributed by atoms with Gasteiger partial charge in [-0.05, 0) is 63.2 Å². The van der Waals surface area contributed by atoms with Crippen molar-refractivity contribution in [3.63, 3.8) is 0 Å². The first-order chi connectivity index (χ1) is 16.1. The molecule has 2 aromatic carbocycles. The van der Waals surface area contributed by atoms with Gasteiger partial charge in [-0.25, -0.2) is 5.43 Å². The number of rotatable bonds is 6. The van der Waals surface area contributed by atoms with Crippen LogP contribution in [0.25, 0.3) is 5.69 Å². The second-order valence-corrected chi connectivity index (χ2v) is 7.29. The maximum Gasteiger partial charge on any atom is 0.418 e. The summed E-state index contributed by atoms with van der Waals surface area (Å²) in [7, 11) is 0. The van der Waals surface area contributed by atoms with E-state index < -0.39 is 23.6 Å². The van der Waals surface area contributed by atoms with Crippen LogP contribution < -0.4 is 15.5 Å². The first kappa shape index (κ1) is 24.6. The maximum atomic E-state index is 13.5. The highest BCUT2D eigenvalue weighted by atomic mass is 19.4. The molecule has 1 heterocycles. The lowest BCUT2D eigenvalue weighted by Gasteiger charge is -2.16. The van der Waals surface area contributed by atoms with E-state index in [2.05, 4.69) is 15.8 Å². The van der Waals surface area contributed by atoms with Gasteiger partial charge in [0.05, 0.1) is 24.1 Å². The van der Waals surface area contributed by atoms with Gasteiger partial charge in [0, 0.05) is 22.6 Å². The number of para-hydroxylation sites is 1. The Bertz CT molecular complexity index is 1220. The van der Waals surface area contributed by atoms with Crippen molar-refractivity contribution in [3.05, 3.63) is 77.1 Å². The van der Waals surface area contributed by atoms with Crippen molar-refractivity contribution >= 4 is 23.7 Å². The van der Waals surface area contributed by atoms with Crippen molar-refractivity contribution < 1.29 is 27.5 Å². The summed E-state index contributed by atoms with van der Waals surface area (Å²) in [6, 6.07) is 13.4. The van der Waals surface area contributed by atoms with Crippen LogP contribution in [0.4, 0.5) is 18.9 Å². The van der Waals surface area contributed by atoms with Crippen LogP contribution in [-0.2, 0) is 15.8 Å². The molecule has 2 amide bonds. The number of anilines is 1. The van der Waals surface area contributed by atoms with Gasteiger partial charge in [-0.15, -0.1) is 0 Å². The van der Waals surface area contributed by atoms with Crippen LogP contribution in [0.15, 0.2) is 59.7 Å². The molecule has 7 nitrogen and oxygen atoms in total. The quantitative estimate of drug-likeness (QED) is 0.312. The van der Waals surface area contributed by atoms with Gasteiger partial charge < -0.3 is 14.6 Å². The first-order valence-electron chi connectivity index (χ1n) is 10.3. The summed E-state index contributed by atoms with van der Waals surface area (Å²) in [5, 5.41) is 6.22. The number of carbonyl (C=O) groups is 2. The van der Waals surface area contributed by atoms with Crippen LogP contribution in [0.2, 0.25) is 0 Å². The SMILES string of the molecule is CCOc1ccc(NC(=O)C(=O)N/N=C\c2cc(C)n(-c3ccccc3C(F)(F)F)c2C)cc1. The third kappa shape index (κ3) is 5.64. The number of hydrazone groups is 1. The van der Waals surface area contributed by atoms with Crippen LogP contribution in [0.5, 0.6) is 5.75 Å². The molecule has 0 saturated carbocycles. The number of halogens is 3. The zero-order valence-electron chi connectivity index (χ0n) is 18.7. The minimum absolute atomic E-state index is 0.0107. The number of aryl methyl sites for hydroxylation is 1. The molecule has 3 rings (SSSR count). The van der Waals surface area contributed by atoms with Crippen molar-refractivity contribution in [1.82, 2.24) is 9.99 Å². The first-order valence-corrected chi connectivity index (χ1v) is 10.3. The molecule has 1 aromatic heterocycles. The molecule has 0 aliphatic heterocycles. The number of amides is 2. The van der Waals surface area contributed by atoms with Gasteiger partial charge >= 0.3 is 18.0 Å². The van der Waals surface area contributed by atoms with Crippen LogP contribution >= 0.6 is 0 Å². The minimum Gasteiger partial charge on any atom is -0.494 e. The van der Waals surface area contributed by atoms with E-state index in [0.29, 0.717) is 35.0 Å². The number of alkyl halides is 3. The van der Waals surface area contributed by atoms with Crippen molar-refractivity contribution in [2.75, 3.05) is 11.9 Å². The highest BCUT2D eigenvalue weighted by molar-refractivity contribution is 6.39. The Hall–Kier alpha value is -4.08. The lowest BCUT2D eigenvalue weighted by Crippen LogP contribution is -2.32. The van der Waals surface area contributed by atoms with Gasteiger partial charge in [-0.1, -0.05) is 12.1 Å². The lowest BCUT2D eigenvalue weighted by atomic mass is 10.1. The van der Waals surface area contributed by atoms with Crippen LogP contribution in [0, 0.1) is 13.8 Å². The predicted molar refractivity (Wildman–Crippen MR) is 122 cm³/mol. The number of carbonyl (C=O) groups excluding carboxylic acids is 2. The van der Waals surface area contributed by atoms with Crippen LogP contribution in [0.3, 0.4) is 0 Å². The summed E-state index contributed by atoms with van der Waals surface area (Å²) in [4.78, 5) is 24.1. The fraction of sp³-hybridized carbons (Fsp3) is 0.208. The van der Waals surface area contributed by atoms with Gasteiger partial charge in [-0.2, -0.15) is 18.3 Å². The predicted octanol–water partition coefficient (Wildman–Crippen LogP) is 4.60. The summed E-state index contributed by atoms with van der Waals surface area (Å²) >= 11 is 0. The average Bonchev–Trinajstić information content (AvgIpc) is 3.07. The van der Waals surface area contributed by atoms with E-state index in [-0.39, 0.29) is 5.69 Å². The summed E-state index contributed by atoms with van der Waals surface area (Å²) in [5.74, 6) is -1.29. The number of nitrogens with one attached hydrogen (secondary N) is 2. The van der Waals surface area contributed by atoms with E-state index in [0.717, 1.165) is 6.07 Å². The van der Waals surface area contributed by atoms with E-state index >= 15 is 0 Å². The molecule has 3 aromatic rings. The second-order valence-electron chi connectivity index (χ2n) is 7.29. The van der Waals surface area contributed by atoms with E-state index in [9.17, 15) is 22.8 Å². The molecule has 0 radical (unpaired) electrons. The Morgan fingerprint density at radius 3 is 2.38 bits per heavy atom. The Kier molecular flexibility index (Phi) is 7.40. The molecule has 0 aliphatic carbocycles. The van der Waals surface area contributed by atoms with Gasteiger partial charge in [-0.3, -0.25) is 9.59 Å². The highest BCUT2D eigenvalue weighted by Gasteiger charge is 2.34. The van der Waals surface area contributed by atoms with Crippen molar-refractivity contribution in [2.24, 2.45) is 5.10 Å². The van der Waals surface area contributed by atoms with Gasteiger partial charge in [0.2, 0.25) is 0 Å². The Balaban J connectivity index is 1.70. The number of ether oxygens (including phenoxy) is 1. The van der Waals surface area contributed by atoms with Crippen molar-refractivity contribution in [2.45, 2.75) is 26.9 Å². The standard InChI is InChI=1S/C24H23F3N4O3/c1-4-34-19-11-9-18(10-12-19)29-22(32)23(33)30-28-14-17-13-15(2)31(16(17)3)21-8-6-5-7-20(21)24(25,26)27/h5-14H,4H2,1-3H3,(H,29,32)(H,30,33)/b28-14-. The summed E-state index contributed by atoms with van der Waals surface area (Å²) < 4.78 is 47.1. The molecule has 0 spiro atoms. The molecule has 0 aliphatic rings. The topological polar surface area (TPSA) is 84.7 Å². The van der Waals surface area contributed by atoms with Crippen molar-refractivity contribution in [3.8, 4) is 11.4 Å². The molecule has 0 saturated heterocycles. The third-order valence-corrected chi connectivity index (χ3v) is 4.92. The fourth-order valence-corrected chi connectivity index (χ4v) is 3.40. The van der Waals surface area contributed by atoms with Crippen molar-refractivity contribution in [1.29, 1.82) is 0 Å². The second kappa shape index (κ2) is 10.2. The maximum absolute atomic E-state index is 13.5. The van der Waals surface area contributed by atoms with E-state index in [1.165, 1.54) is 29.0 Å². The zero-order valence-corrected chi connectivity index (χ0v) is 18.7. The summed E-state index contributed by atoms with van der Waals surface area (Å²) in [6.45, 7) is 5.66. The summed E-state index contributed by atoms with van der Waals surface area (Å²) in [6.07, 6.45) is -3.24. The molecule has 0 fully saturated rings. The Labute approximate surface area is 194 Å². The normalized spacial score (nSPS) is 11.5. The average molecular weight is 472 g/mol. The molecule has 0 unspecified atom stereocenters. The van der Waals surface area contributed by atoms with Gasteiger partial charge in [0.15, 0.2) is 0 Å². The lowest BCUT2D eigenvalue weighted by molar-refractivity contribution is -0.137. The monoisotopic (exact) mass is 472 g/mol. The van der Waals surface area contributed by atoms with Gasteiger partial charge in [0.1, 0.15) is 5.75 Å². The van der Waals surface area contributed by atoms with Crippen LogP contribution in [-0.4, -0.2) is 29.2 Å².